The summed E-state index contributed by atoms with van der Waals surface area (Å²) in [6.45, 7) is 5.08. The van der Waals surface area contributed by atoms with E-state index in [2.05, 4.69) is 12.2 Å². The minimum atomic E-state index is -0.0840. The highest BCUT2D eigenvalue weighted by Gasteiger charge is 2.19. The first-order valence-electron chi connectivity index (χ1n) is 9.05. The van der Waals surface area contributed by atoms with Gasteiger partial charge in [-0.15, -0.1) is 0 Å². The van der Waals surface area contributed by atoms with Crippen LogP contribution in [-0.2, 0) is 0 Å². The molecule has 136 valence electrons. The molecule has 0 aliphatic carbocycles. The highest BCUT2D eigenvalue weighted by Crippen LogP contribution is 2.25. The first-order valence-corrected chi connectivity index (χ1v) is 9.05. The Morgan fingerprint density at radius 3 is 2.65 bits per heavy atom. The van der Waals surface area contributed by atoms with Crippen LogP contribution >= 0.6 is 0 Å². The molecule has 0 aliphatic heterocycles. The molecule has 1 heterocycles. The third-order valence-electron chi connectivity index (χ3n) is 4.50. The largest absolute Gasteiger partial charge is 0.495 e. The lowest BCUT2D eigenvalue weighted by atomic mass is 10.2. The van der Waals surface area contributed by atoms with Crippen LogP contribution in [0, 0.1) is 0 Å². The summed E-state index contributed by atoms with van der Waals surface area (Å²) >= 11 is 0. The summed E-state index contributed by atoms with van der Waals surface area (Å²) in [5, 5.41) is 4.08. The zero-order valence-electron chi connectivity index (χ0n) is 15.5. The Kier molecular flexibility index (Phi) is 5.68. The number of aromatic nitrogens is 2. The summed E-state index contributed by atoms with van der Waals surface area (Å²) in [4.78, 5) is 18.1. The molecule has 2 aromatic carbocycles. The Morgan fingerprint density at radius 1 is 1.15 bits per heavy atom. The maximum Gasteiger partial charge on any atom is 0.266 e. The first kappa shape index (κ1) is 18.1. The molecule has 0 aliphatic rings. The molecule has 0 fully saturated rings. The number of nitrogens with one attached hydrogen (secondary N) is 1. The van der Waals surface area contributed by atoms with Gasteiger partial charge in [0.25, 0.3) is 5.56 Å². The number of unbranched alkanes of at least 4 members (excludes halogenated alkanes) is 1. The lowest BCUT2D eigenvalue weighted by Crippen LogP contribution is -2.30. The second kappa shape index (κ2) is 8.15. The molecule has 0 bridgehead atoms. The van der Waals surface area contributed by atoms with E-state index in [9.17, 15) is 4.79 Å². The lowest BCUT2D eigenvalue weighted by molar-refractivity contribution is 0.411. The molecule has 0 saturated heterocycles. The molecule has 26 heavy (non-hydrogen) atoms. The minimum absolute atomic E-state index is 0.0660. The van der Waals surface area contributed by atoms with Crippen LogP contribution in [0.5, 0.6) is 5.75 Å². The molecule has 1 atom stereocenters. The van der Waals surface area contributed by atoms with Crippen molar-refractivity contribution in [3.8, 4) is 11.4 Å². The number of hydrogen-bond donors (Lipinski definition) is 1. The Balaban J connectivity index is 2.23. The van der Waals surface area contributed by atoms with Crippen LogP contribution in [0.1, 0.15) is 38.6 Å². The van der Waals surface area contributed by atoms with Gasteiger partial charge in [0, 0.05) is 0 Å². The predicted octanol–water partition coefficient (Wildman–Crippen LogP) is 3.85. The van der Waals surface area contributed by atoms with Gasteiger partial charge in [0.2, 0.25) is 0 Å². The standard InChI is InChI=1S/C21H25N3O2/c1-4-5-14-22-15(2)20-23-17-11-7-6-10-16(17)21(25)24(20)18-12-8-9-13-19(18)26-3/h6-13,15,22H,4-5,14H2,1-3H3/t15-/m0/s1. The van der Waals surface area contributed by atoms with E-state index in [-0.39, 0.29) is 11.6 Å². The number of benzene rings is 2. The zero-order chi connectivity index (χ0) is 18.5. The third-order valence-corrected chi connectivity index (χ3v) is 4.50. The Bertz CT molecular complexity index is 949. The highest BCUT2D eigenvalue weighted by atomic mass is 16.5. The number of hydrogen-bond acceptors (Lipinski definition) is 4. The maximum absolute atomic E-state index is 13.3. The number of methoxy groups -OCH3 is 1. The van der Waals surface area contributed by atoms with Gasteiger partial charge in [-0.05, 0) is 44.2 Å². The minimum Gasteiger partial charge on any atom is -0.495 e. The van der Waals surface area contributed by atoms with Gasteiger partial charge in [-0.2, -0.15) is 0 Å². The van der Waals surface area contributed by atoms with Crippen molar-refractivity contribution in [1.29, 1.82) is 0 Å². The van der Waals surface area contributed by atoms with Crippen LogP contribution in [0.4, 0.5) is 0 Å². The van der Waals surface area contributed by atoms with E-state index in [1.807, 2.05) is 55.5 Å². The van der Waals surface area contributed by atoms with E-state index < -0.39 is 0 Å². The van der Waals surface area contributed by atoms with Gasteiger partial charge in [-0.1, -0.05) is 37.6 Å². The molecule has 0 amide bonds. The molecule has 1 N–H and O–H groups in total. The SMILES string of the molecule is CCCCN[C@@H](C)c1nc2ccccc2c(=O)n1-c1ccccc1OC. The van der Waals surface area contributed by atoms with Gasteiger partial charge in [0.1, 0.15) is 11.6 Å². The van der Waals surface area contributed by atoms with Crippen molar-refractivity contribution in [2.45, 2.75) is 32.7 Å². The number of rotatable bonds is 7. The number of ether oxygens (including phenoxy) is 1. The molecule has 1 aromatic heterocycles. The average molecular weight is 351 g/mol. The summed E-state index contributed by atoms with van der Waals surface area (Å²) in [6.07, 6.45) is 2.20. The van der Waals surface area contributed by atoms with E-state index in [0.29, 0.717) is 28.2 Å². The molecule has 0 saturated carbocycles. The van der Waals surface area contributed by atoms with E-state index >= 15 is 0 Å². The van der Waals surface area contributed by atoms with Gasteiger partial charge in [-0.25, -0.2) is 4.98 Å². The van der Waals surface area contributed by atoms with E-state index in [1.54, 1.807) is 11.7 Å². The van der Waals surface area contributed by atoms with Crippen LogP contribution in [0.3, 0.4) is 0 Å². The molecule has 3 rings (SSSR count). The van der Waals surface area contributed by atoms with Crippen molar-refractivity contribution in [1.82, 2.24) is 14.9 Å². The second-order valence-corrected chi connectivity index (χ2v) is 6.33. The number of fused-ring (bicyclic) bond motifs is 1. The average Bonchev–Trinajstić information content (AvgIpc) is 2.68. The molecule has 0 unspecified atom stereocenters. The fourth-order valence-corrected chi connectivity index (χ4v) is 3.07. The lowest BCUT2D eigenvalue weighted by Gasteiger charge is -2.20. The fraction of sp³-hybridized carbons (Fsp3) is 0.333. The predicted molar refractivity (Wildman–Crippen MR) is 105 cm³/mol. The second-order valence-electron chi connectivity index (χ2n) is 6.33. The highest BCUT2D eigenvalue weighted by molar-refractivity contribution is 5.78. The Hall–Kier alpha value is -2.66. The summed E-state index contributed by atoms with van der Waals surface area (Å²) in [7, 11) is 1.61. The Morgan fingerprint density at radius 2 is 1.88 bits per heavy atom. The topological polar surface area (TPSA) is 56.2 Å². The first-order chi connectivity index (χ1) is 12.7. The smallest absolute Gasteiger partial charge is 0.266 e. The Labute approximate surface area is 153 Å². The summed E-state index contributed by atoms with van der Waals surface area (Å²) in [5.41, 5.74) is 1.33. The van der Waals surface area contributed by atoms with Crippen LogP contribution in [0.15, 0.2) is 53.3 Å². The van der Waals surface area contributed by atoms with Crippen molar-refractivity contribution in [2.75, 3.05) is 13.7 Å². The van der Waals surface area contributed by atoms with Gasteiger partial charge < -0.3 is 10.1 Å². The molecule has 0 spiro atoms. The van der Waals surface area contributed by atoms with Gasteiger partial charge in [0.15, 0.2) is 0 Å². The van der Waals surface area contributed by atoms with Gasteiger partial charge in [-0.3, -0.25) is 9.36 Å². The summed E-state index contributed by atoms with van der Waals surface area (Å²) in [5.74, 6) is 1.34. The van der Waals surface area contributed by atoms with Crippen molar-refractivity contribution >= 4 is 10.9 Å². The van der Waals surface area contributed by atoms with Crippen LogP contribution in [0.25, 0.3) is 16.6 Å². The zero-order valence-corrected chi connectivity index (χ0v) is 15.5. The number of nitrogens with zero attached hydrogens (tertiary/aromatic N) is 2. The molecular formula is C21H25N3O2. The molecule has 0 radical (unpaired) electrons. The van der Waals surface area contributed by atoms with Crippen LogP contribution < -0.4 is 15.6 Å². The fourth-order valence-electron chi connectivity index (χ4n) is 3.07. The van der Waals surface area contributed by atoms with Gasteiger partial charge in [0.05, 0.1) is 29.7 Å². The maximum atomic E-state index is 13.3. The van der Waals surface area contributed by atoms with Crippen molar-refractivity contribution < 1.29 is 4.74 Å². The van der Waals surface area contributed by atoms with E-state index in [0.717, 1.165) is 19.4 Å². The summed E-state index contributed by atoms with van der Waals surface area (Å²) in [6, 6.07) is 14.9. The summed E-state index contributed by atoms with van der Waals surface area (Å²) < 4.78 is 7.16. The van der Waals surface area contributed by atoms with Crippen molar-refractivity contribution in [3.05, 3.63) is 64.7 Å². The van der Waals surface area contributed by atoms with Crippen LogP contribution in [-0.4, -0.2) is 23.2 Å². The number of para-hydroxylation sites is 3. The monoisotopic (exact) mass is 351 g/mol. The van der Waals surface area contributed by atoms with Gasteiger partial charge >= 0.3 is 0 Å². The molecular weight excluding hydrogens is 326 g/mol. The molecule has 5 heteroatoms. The van der Waals surface area contributed by atoms with E-state index in [4.69, 9.17) is 9.72 Å². The van der Waals surface area contributed by atoms with E-state index in [1.165, 1.54) is 0 Å². The quantitative estimate of drug-likeness (QED) is 0.657. The van der Waals surface area contributed by atoms with Crippen LogP contribution in [0.2, 0.25) is 0 Å². The van der Waals surface area contributed by atoms with Crippen molar-refractivity contribution in [2.24, 2.45) is 0 Å². The normalized spacial score (nSPS) is 12.3. The molecule has 5 nitrogen and oxygen atoms in total. The van der Waals surface area contributed by atoms with Crippen molar-refractivity contribution in [3.63, 3.8) is 0 Å². The molecule has 3 aromatic rings. The third kappa shape index (κ3) is 3.48.